The molecule has 2 heterocycles. The van der Waals surface area contributed by atoms with Crippen LogP contribution in [0.3, 0.4) is 0 Å². The van der Waals surface area contributed by atoms with Gasteiger partial charge in [-0.25, -0.2) is 4.98 Å². The van der Waals surface area contributed by atoms with E-state index in [1.807, 2.05) is 39.0 Å². The first-order valence-corrected chi connectivity index (χ1v) is 9.71. The Morgan fingerprint density at radius 1 is 1.29 bits per heavy atom. The zero-order valence-corrected chi connectivity index (χ0v) is 16.7. The molecule has 0 saturated carbocycles. The van der Waals surface area contributed by atoms with Crippen molar-refractivity contribution < 1.29 is 19.4 Å². The van der Waals surface area contributed by atoms with Crippen LogP contribution < -0.4 is 5.32 Å². The van der Waals surface area contributed by atoms with Gasteiger partial charge in [-0.15, -0.1) is 0 Å². The second-order valence-electron chi connectivity index (χ2n) is 7.28. The molecule has 1 saturated heterocycles. The van der Waals surface area contributed by atoms with Gasteiger partial charge in [0.2, 0.25) is 5.88 Å². The standard InChI is InChI=1S/C22H28N2O4/c1-14-12-15(2)24-22(26)20(14)13-23-21(25)18-6-4-17(5-7-18)16(3)28-19-8-10-27-11-9-19/h4-7,12,16,19H,8-11,13H2,1-3H3,(H,23,25)(H,24,26). The highest BCUT2D eigenvalue weighted by molar-refractivity contribution is 5.94. The first-order valence-electron chi connectivity index (χ1n) is 9.71. The van der Waals surface area contributed by atoms with Crippen LogP contribution >= 0.6 is 0 Å². The molecule has 1 aromatic heterocycles. The minimum absolute atomic E-state index is 0.0292. The van der Waals surface area contributed by atoms with Crippen molar-refractivity contribution in [1.82, 2.24) is 10.3 Å². The molecule has 0 aliphatic carbocycles. The van der Waals surface area contributed by atoms with Crippen LogP contribution in [0.15, 0.2) is 30.3 Å². The van der Waals surface area contributed by atoms with Crippen LogP contribution in [0.5, 0.6) is 5.88 Å². The molecule has 1 unspecified atom stereocenters. The zero-order valence-electron chi connectivity index (χ0n) is 16.7. The van der Waals surface area contributed by atoms with Crippen LogP contribution in [-0.4, -0.2) is 35.3 Å². The Labute approximate surface area is 165 Å². The second kappa shape index (κ2) is 9.17. The van der Waals surface area contributed by atoms with E-state index in [2.05, 4.69) is 10.3 Å². The number of aromatic nitrogens is 1. The number of amides is 1. The molecule has 3 rings (SSSR count). The van der Waals surface area contributed by atoms with Gasteiger partial charge in [-0.1, -0.05) is 12.1 Å². The quantitative estimate of drug-likeness (QED) is 0.795. The van der Waals surface area contributed by atoms with E-state index in [0.29, 0.717) is 11.1 Å². The Morgan fingerprint density at radius 2 is 1.96 bits per heavy atom. The smallest absolute Gasteiger partial charge is 0.251 e. The number of aryl methyl sites for hydroxylation is 2. The van der Waals surface area contributed by atoms with Crippen molar-refractivity contribution in [2.45, 2.75) is 52.4 Å². The highest BCUT2D eigenvalue weighted by Gasteiger charge is 2.18. The average molecular weight is 384 g/mol. The summed E-state index contributed by atoms with van der Waals surface area (Å²) in [5.41, 5.74) is 3.89. The molecule has 1 aromatic carbocycles. The maximum atomic E-state index is 12.4. The molecule has 2 N–H and O–H groups in total. The predicted octanol–water partition coefficient (Wildman–Crippen LogP) is 3.59. The maximum Gasteiger partial charge on any atom is 0.251 e. The summed E-state index contributed by atoms with van der Waals surface area (Å²) < 4.78 is 11.5. The van der Waals surface area contributed by atoms with Gasteiger partial charge in [0.15, 0.2) is 0 Å². The predicted molar refractivity (Wildman–Crippen MR) is 106 cm³/mol. The van der Waals surface area contributed by atoms with E-state index in [0.717, 1.165) is 42.9 Å². The van der Waals surface area contributed by atoms with Gasteiger partial charge in [-0.3, -0.25) is 4.79 Å². The number of hydrogen-bond acceptors (Lipinski definition) is 5. The zero-order chi connectivity index (χ0) is 20.1. The summed E-state index contributed by atoms with van der Waals surface area (Å²) in [4.78, 5) is 16.5. The highest BCUT2D eigenvalue weighted by atomic mass is 16.5. The van der Waals surface area contributed by atoms with Crippen molar-refractivity contribution in [3.8, 4) is 5.88 Å². The number of nitrogens with one attached hydrogen (secondary N) is 1. The monoisotopic (exact) mass is 384 g/mol. The van der Waals surface area contributed by atoms with Gasteiger partial charge in [0.1, 0.15) is 0 Å². The average Bonchev–Trinajstić information content (AvgIpc) is 2.68. The van der Waals surface area contributed by atoms with E-state index in [4.69, 9.17) is 9.47 Å². The fourth-order valence-electron chi connectivity index (χ4n) is 3.42. The number of carbonyl (C=O) groups excluding carboxylic acids is 1. The Balaban J connectivity index is 1.57. The molecule has 2 aromatic rings. The highest BCUT2D eigenvalue weighted by Crippen LogP contribution is 2.23. The molecule has 150 valence electrons. The SMILES string of the molecule is Cc1cc(C)c(CNC(=O)c2ccc(C(C)OC3CCOCC3)cc2)c(O)n1. The third-order valence-corrected chi connectivity index (χ3v) is 5.09. The Morgan fingerprint density at radius 3 is 2.61 bits per heavy atom. The fourth-order valence-corrected chi connectivity index (χ4v) is 3.42. The third-order valence-electron chi connectivity index (χ3n) is 5.09. The number of hydrogen-bond donors (Lipinski definition) is 2. The lowest BCUT2D eigenvalue weighted by atomic mass is 10.1. The molecule has 0 radical (unpaired) electrons. The molecule has 6 nitrogen and oxygen atoms in total. The van der Waals surface area contributed by atoms with E-state index in [-0.39, 0.29) is 30.5 Å². The Kier molecular flexibility index (Phi) is 6.65. The number of rotatable bonds is 6. The summed E-state index contributed by atoms with van der Waals surface area (Å²) >= 11 is 0. The van der Waals surface area contributed by atoms with Crippen LogP contribution in [0.2, 0.25) is 0 Å². The summed E-state index contributed by atoms with van der Waals surface area (Å²) in [6, 6.07) is 9.34. The van der Waals surface area contributed by atoms with E-state index in [9.17, 15) is 9.90 Å². The molecule has 1 fully saturated rings. The van der Waals surface area contributed by atoms with Gasteiger partial charge in [-0.05, 0) is 62.9 Å². The summed E-state index contributed by atoms with van der Waals surface area (Å²) in [6.45, 7) is 7.48. The van der Waals surface area contributed by atoms with Crippen molar-refractivity contribution in [1.29, 1.82) is 0 Å². The molecule has 1 atom stereocenters. The van der Waals surface area contributed by atoms with Gasteiger partial charge in [0.25, 0.3) is 5.91 Å². The minimum atomic E-state index is -0.191. The number of pyridine rings is 1. The van der Waals surface area contributed by atoms with E-state index >= 15 is 0 Å². The first kappa shape index (κ1) is 20.3. The van der Waals surface area contributed by atoms with Crippen molar-refractivity contribution in [2.75, 3.05) is 13.2 Å². The molecule has 0 bridgehead atoms. The summed E-state index contributed by atoms with van der Waals surface area (Å²) in [5, 5.41) is 12.9. The third kappa shape index (κ3) is 5.09. The summed E-state index contributed by atoms with van der Waals surface area (Å²) in [5.74, 6) is -0.226. The van der Waals surface area contributed by atoms with Gasteiger partial charge >= 0.3 is 0 Å². The minimum Gasteiger partial charge on any atom is -0.493 e. The molecule has 1 aliphatic rings. The molecular weight excluding hydrogens is 356 g/mol. The van der Waals surface area contributed by atoms with E-state index < -0.39 is 0 Å². The number of aromatic hydroxyl groups is 1. The molecular formula is C22H28N2O4. The van der Waals surface area contributed by atoms with E-state index in [1.54, 1.807) is 12.1 Å². The van der Waals surface area contributed by atoms with Crippen molar-refractivity contribution >= 4 is 5.91 Å². The van der Waals surface area contributed by atoms with Gasteiger partial charge in [-0.2, -0.15) is 0 Å². The molecule has 6 heteroatoms. The number of benzene rings is 1. The largest absolute Gasteiger partial charge is 0.493 e. The summed E-state index contributed by atoms with van der Waals surface area (Å²) in [6.07, 6.45) is 2.04. The topological polar surface area (TPSA) is 80.7 Å². The van der Waals surface area contributed by atoms with Crippen LogP contribution in [0.4, 0.5) is 0 Å². The van der Waals surface area contributed by atoms with Crippen molar-refractivity contribution in [2.24, 2.45) is 0 Å². The molecule has 1 aliphatic heterocycles. The van der Waals surface area contributed by atoms with Gasteiger partial charge in [0, 0.05) is 36.6 Å². The van der Waals surface area contributed by atoms with Crippen LogP contribution in [0.25, 0.3) is 0 Å². The van der Waals surface area contributed by atoms with Crippen LogP contribution in [0, 0.1) is 13.8 Å². The molecule has 1 amide bonds. The lowest BCUT2D eigenvalue weighted by molar-refractivity contribution is -0.0636. The van der Waals surface area contributed by atoms with E-state index in [1.165, 1.54) is 0 Å². The van der Waals surface area contributed by atoms with Crippen molar-refractivity contribution in [3.63, 3.8) is 0 Å². The molecule has 0 spiro atoms. The van der Waals surface area contributed by atoms with Crippen LogP contribution in [0.1, 0.15) is 58.6 Å². The van der Waals surface area contributed by atoms with Gasteiger partial charge in [0.05, 0.1) is 12.2 Å². The lowest BCUT2D eigenvalue weighted by Crippen LogP contribution is -2.25. The molecule has 28 heavy (non-hydrogen) atoms. The number of ether oxygens (including phenoxy) is 2. The van der Waals surface area contributed by atoms with Gasteiger partial charge < -0.3 is 19.9 Å². The lowest BCUT2D eigenvalue weighted by Gasteiger charge is -2.26. The van der Waals surface area contributed by atoms with Crippen LogP contribution in [-0.2, 0) is 16.0 Å². The van der Waals surface area contributed by atoms with Crippen molar-refractivity contribution in [3.05, 3.63) is 58.3 Å². The number of nitrogens with zero attached hydrogens (tertiary/aromatic N) is 1. The Bertz CT molecular complexity index is 791. The maximum absolute atomic E-state index is 12.4. The first-order chi connectivity index (χ1) is 13.4. The second-order valence-corrected chi connectivity index (χ2v) is 7.28. The normalized spacial score (nSPS) is 16.0. The fraction of sp³-hybridized carbons (Fsp3) is 0.455. The summed E-state index contributed by atoms with van der Waals surface area (Å²) in [7, 11) is 0. The number of carbonyl (C=O) groups is 1. The Hall–Kier alpha value is -2.44.